The Balaban J connectivity index is 1.81. The minimum Gasteiger partial charge on any atom is -0.343 e. The lowest BCUT2D eigenvalue weighted by atomic mass is 10.2. The van der Waals surface area contributed by atoms with Gasteiger partial charge in [0.25, 0.3) is 5.91 Å². The predicted octanol–water partition coefficient (Wildman–Crippen LogP) is -0.0897. The van der Waals surface area contributed by atoms with Crippen LogP contribution in [0.2, 0.25) is 0 Å². The molecule has 0 saturated carbocycles. The first-order valence-electron chi connectivity index (χ1n) is 7.53. The van der Waals surface area contributed by atoms with E-state index in [1.807, 2.05) is 6.07 Å². The standard InChI is InChI=1S/C15H21N3O4S/c1-2-23(21,22)18-10-8-17(9-11-18)14(19)12-16-15(20)13-6-4-3-5-7-13/h3-7H,2,8-12H2,1H3,(H,16,20). The Morgan fingerprint density at radius 2 is 1.70 bits per heavy atom. The van der Waals surface area contributed by atoms with E-state index in [0.29, 0.717) is 31.7 Å². The number of nitrogens with one attached hydrogen (secondary N) is 1. The topological polar surface area (TPSA) is 86.8 Å². The van der Waals surface area contributed by atoms with Crippen molar-refractivity contribution in [3.8, 4) is 0 Å². The molecule has 23 heavy (non-hydrogen) atoms. The predicted molar refractivity (Wildman–Crippen MR) is 86.4 cm³/mol. The summed E-state index contributed by atoms with van der Waals surface area (Å²) in [6.07, 6.45) is 0. The molecule has 0 atom stereocenters. The van der Waals surface area contributed by atoms with Gasteiger partial charge < -0.3 is 10.2 Å². The first-order valence-corrected chi connectivity index (χ1v) is 9.14. The first-order chi connectivity index (χ1) is 10.9. The fourth-order valence-electron chi connectivity index (χ4n) is 2.36. The van der Waals surface area contributed by atoms with Gasteiger partial charge in [-0.3, -0.25) is 9.59 Å². The fourth-order valence-corrected chi connectivity index (χ4v) is 3.44. The molecule has 0 bridgehead atoms. The van der Waals surface area contributed by atoms with Gasteiger partial charge in [-0.2, -0.15) is 4.31 Å². The van der Waals surface area contributed by atoms with Gasteiger partial charge in [-0.15, -0.1) is 0 Å². The van der Waals surface area contributed by atoms with Gasteiger partial charge in [0.15, 0.2) is 0 Å². The maximum Gasteiger partial charge on any atom is 0.251 e. The Morgan fingerprint density at radius 3 is 2.26 bits per heavy atom. The molecule has 1 aliphatic heterocycles. The molecule has 0 aromatic heterocycles. The summed E-state index contributed by atoms with van der Waals surface area (Å²) in [5.41, 5.74) is 0.499. The van der Waals surface area contributed by atoms with Gasteiger partial charge in [-0.05, 0) is 19.1 Å². The van der Waals surface area contributed by atoms with Gasteiger partial charge in [-0.25, -0.2) is 8.42 Å². The maximum absolute atomic E-state index is 12.1. The van der Waals surface area contributed by atoms with Gasteiger partial charge in [0.2, 0.25) is 15.9 Å². The number of sulfonamides is 1. The number of hydrogen-bond acceptors (Lipinski definition) is 4. The number of nitrogens with zero attached hydrogens (tertiary/aromatic N) is 2. The third-order valence-corrected chi connectivity index (χ3v) is 5.67. The number of hydrogen-bond donors (Lipinski definition) is 1. The number of amides is 2. The smallest absolute Gasteiger partial charge is 0.251 e. The fraction of sp³-hybridized carbons (Fsp3) is 0.467. The Kier molecular flexibility index (Phi) is 5.73. The van der Waals surface area contributed by atoms with Crippen LogP contribution in [0, 0.1) is 0 Å². The maximum atomic E-state index is 12.1. The minimum atomic E-state index is -3.21. The number of carbonyl (C=O) groups excluding carboxylic acids is 2. The Hall–Kier alpha value is -1.93. The molecular formula is C15H21N3O4S. The van der Waals surface area contributed by atoms with E-state index in [4.69, 9.17) is 0 Å². The molecule has 0 radical (unpaired) electrons. The highest BCUT2D eigenvalue weighted by molar-refractivity contribution is 7.89. The monoisotopic (exact) mass is 339 g/mol. The second-order valence-electron chi connectivity index (χ2n) is 5.23. The van der Waals surface area contributed by atoms with Crippen molar-refractivity contribution >= 4 is 21.8 Å². The van der Waals surface area contributed by atoms with Crippen molar-refractivity contribution in [2.45, 2.75) is 6.92 Å². The van der Waals surface area contributed by atoms with E-state index < -0.39 is 10.0 Å². The molecule has 1 heterocycles. The quantitative estimate of drug-likeness (QED) is 0.812. The lowest BCUT2D eigenvalue weighted by molar-refractivity contribution is -0.131. The molecule has 0 unspecified atom stereocenters. The van der Waals surface area contributed by atoms with Crippen molar-refractivity contribution < 1.29 is 18.0 Å². The highest BCUT2D eigenvalue weighted by Crippen LogP contribution is 2.08. The normalized spacial score (nSPS) is 16.1. The largest absolute Gasteiger partial charge is 0.343 e. The van der Waals surface area contributed by atoms with Gasteiger partial charge in [0.1, 0.15) is 0 Å². The van der Waals surface area contributed by atoms with Crippen LogP contribution in [-0.2, 0) is 14.8 Å². The number of benzene rings is 1. The van der Waals surface area contributed by atoms with Crippen LogP contribution in [0.25, 0.3) is 0 Å². The number of piperazine rings is 1. The van der Waals surface area contributed by atoms with Crippen molar-refractivity contribution in [3.63, 3.8) is 0 Å². The molecule has 0 aliphatic carbocycles. The van der Waals surface area contributed by atoms with Crippen molar-refractivity contribution in [1.82, 2.24) is 14.5 Å². The van der Waals surface area contributed by atoms with E-state index in [1.165, 1.54) is 4.31 Å². The molecule has 1 aromatic carbocycles. The molecule has 1 aliphatic rings. The van der Waals surface area contributed by atoms with Crippen LogP contribution in [0.3, 0.4) is 0 Å². The van der Waals surface area contributed by atoms with E-state index in [2.05, 4.69) is 5.32 Å². The van der Waals surface area contributed by atoms with Crippen LogP contribution >= 0.6 is 0 Å². The first kappa shape index (κ1) is 17.4. The molecule has 0 spiro atoms. The lowest BCUT2D eigenvalue weighted by Gasteiger charge is -2.33. The summed E-state index contributed by atoms with van der Waals surface area (Å²) in [6, 6.07) is 8.67. The molecule has 1 fully saturated rings. The Labute approximate surface area is 136 Å². The summed E-state index contributed by atoms with van der Waals surface area (Å²) in [5, 5.41) is 2.59. The molecule has 126 valence electrons. The molecule has 8 heteroatoms. The van der Waals surface area contributed by atoms with Gasteiger partial charge in [-0.1, -0.05) is 18.2 Å². The molecule has 1 aromatic rings. The minimum absolute atomic E-state index is 0.0636. The summed E-state index contributed by atoms with van der Waals surface area (Å²) in [5.74, 6) is -0.442. The highest BCUT2D eigenvalue weighted by Gasteiger charge is 2.27. The third-order valence-electron chi connectivity index (χ3n) is 3.79. The van der Waals surface area contributed by atoms with Crippen LogP contribution < -0.4 is 5.32 Å². The molecule has 2 rings (SSSR count). The van der Waals surface area contributed by atoms with E-state index in [-0.39, 0.29) is 24.1 Å². The molecule has 1 N–H and O–H groups in total. The zero-order valence-electron chi connectivity index (χ0n) is 13.1. The zero-order chi connectivity index (χ0) is 16.9. The van der Waals surface area contributed by atoms with Crippen LogP contribution in [0.5, 0.6) is 0 Å². The number of rotatable bonds is 5. The molecule has 2 amide bonds. The average molecular weight is 339 g/mol. The summed E-state index contributed by atoms with van der Waals surface area (Å²) < 4.78 is 24.9. The molecule has 7 nitrogen and oxygen atoms in total. The van der Waals surface area contributed by atoms with Crippen LogP contribution in [0.1, 0.15) is 17.3 Å². The van der Waals surface area contributed by atoms with E-state index in [0.717, 1.165) is 0 Å². The SMILES string of the molecule is CCS(=O)(=O)N1CCN(C(=O)CNC(=O)c2ccccc2)CC1. The summed E-state index contributed by atoms with van der Waals surface area (Å²) in [7, 11) is -3.21. The second-order valence-corrected chi connectivity index (χ2v) is 7.49. The third kappa shape index (κ3) is 4.52. The van der Waals surface area contributed by atoms with Crippen molar-refractivity contribution in [2.75, 3.05) is 38.5 Å². The van der Waals surface area contributed by atoms with E-state index in [1.54, 1.807) is 36.1 Å². The highest BCUT2D eigenvalue weighted by atomic mass is 32.2. The van der Waals surface area contributed by atoms with Gasteiger partial charge in [0.05, 0.1) is 12.3 Å². The van der Waals surface area contributed by atoms with E-state index in [9.17, 15) is 18.0 Å². The Bertz CT molecular complexity index is 653. The van der Waals surface area contributed by atoms with Crippen LogP contribution in [0.4, 0.5) is 0 Å². The average Bonchev–Trinajstić information content (AvgIpc) is 2.60. The molecule has 1 saturated heterocycles. The Morgan fingerprint density at radius 1 is 1.09 bits per heavy atom. The zero-order valence-corrected chi connectivity index (χ0v) is 13.9. The summed E-state index contributed by atoms with van der Waals surface area (Å²) in [4.78, 5) is 25.6. The summed E-state index contributed by atoms with van der Waals surface area (Å²) >= 11 is 0. The molecular weight excluding hydrogens is 318 g/mol. The van der Waals surface area contributed by atoms with Gasteiger partial charge >= 0.3 is 0 Å². The number of carbonyl (C=O) groups is 2. The van der Waals surface area contributed by atoms with Crippen LogP contribution in [-0.4, -0.2) is 67.9 Å². The lowest BCUT2D eigenvalue weighted by Crippen LogP contribution is -2.52. The van der Waals surface area contributed by atoms with Gasteiger partial charge in [0, 0.05) is 31.7 Å². The van der Waals surface area contributed by atoms with Crippen molar-refractivity contribution in [2.24, 2.45) is 0 Å². The summed E-state index contributed by atoms with van der Waals surface area (Å²) in [6.45, 7) is 2.81. The van der Waals surface area contributed by atoms with Crippen molar-refractivity contribution in [1.29, 1.82) is 0 Å². The second kappa shape index (κ2) is 7.56. The van der Waals surface area contributed by atoms with Crippen LogP contribution in [0.15, 0.2) is 30.3 Å². The van der Waals surface area contributed by atoms with E-state index >= 15 is 0 Å². The van der Waals surface area contributed by atoms with Crippen molar-refractivity contribution in [3.05, 3.63) is 35.9 Å².